The zero-order valence-corrected chi connectivity index (χ0v) is 14.3. The van der Waals surface area contributed by atoms with Crippen molar-refractivity contribution in [2.24, 2.45) is 0 Å². The van der Waals surface area contributed by atoms with Gasteiger partial charge in [-0.3, -0.25) is 0 Å². The van der Waals surface area contributed by atoms with Gasteiger partial charge in [-0.15, -0.1) is 0 Å². The van der Waals surface area contributed by atoms with Gasteiger partial charge in [0.25, 0.3) is 0 Å². The van der Waals surface area contributed by atoms with E-state index in [1.807, 2.05) is 36.4 Å². The van der Waals surface area contributed by atoms with Crippen molar-refractivity contribution in [3.05, 3.63) is 68.1 Å². The summed E-state index contributed by atoms with van der Waals surface area (Å²) in [6.07, 6.45) is 1.05. The van der Waals surface area contributed by atoms with Gasteiger partial charge in [0.15, 0.2) is 0 Å². The summed E-state index contributed by atoms with van der Waals surface area (Å²) in [4.78, 5) is 0. The second-order valence-corrected chi connectivity index (χ2v) is 6.27. The monoisotopic (exact) mass is 371 g/mol. The molecule has 1 N–H and O–H groups in total. The lowest BCUT2D eigenvalue weighted by Gasteiger charge is -2.22. The molecule has 0 bridgehead atoms. The Morgan fingerprint density at radius 1 is 1.10 bits per heavy atom. The Balaban J connectivity index is 2.47. The minimum Gasteiger partial charge on any atom is -0.306 e. The molecular formula is C16H16BrCl2N. The van der Waals surface area contributed by atoms with E-state index in [4.69, 9.17) is 23.2 Å². The van der Waals surface area contributed by atoms with Gasteiger partial charge in [-0.25, -0.2) is 0 Å². The summed E-state index contributed by atoms with van der Waals surface area (Å²) in [5.41, 5.74) is 2.16. The number of nitrogens with one attached hydrogen (secondary N) is 1. The van der Waals surface area contributed by atoms with Crippen molar-refractivity contribution in [2.45, 2.75) is 19.4 Å². The molecule has 2 aromatic carbocycles. The molecule has 106 valence electrons. The minimum atomic E-state index is 0.0247. The predicted molar refractivity (Wildman–Crippen MR) is 90.7 cm³/mol. The van der Waals surface area contributed by atoms with Crippen LogP contribution in [-0.4, -0.2) is 6.54 Å². The van der Waals surface area contributed by atoms with E-state index in [0.717, 1.165) is 33.6 Å². The maximum atomic E-state index is 6.36. The number of rotatable bonds is 5. The number of halogens is 3. The van der Waals surface area contributed by atoms with Crippen molar-refractivity contribution < 1.29 is 0 Å². The molecule has 0 aliphatic carbocycles. The number of hydrogen-bond acceptors (Lipinski definition) is 1. The molecule has 1 atom stereocenters. The van der Waals surface area contributed by atoms with Gasteiger partial charge >= 0.3 is 0 Å². The molecule has 0 saturated heterocycles. The largest absolute Gasteiger partial charge is 0.306 e. The Hall–Kier alpha value is -0.540. The molecule has 0 aliphatic rings. The lowest BCUT2D eigenvalue weighted by molar-refractivity contribution is 0.597. The molecule has 0 amide bonds. The topological polar surface area (TPSA) is 12.0 Å². The van der Waals surface area contributed by atoms with Gasteiger partial charge < -0.3 is 5.32 Å². The molecule has 4 heteroatoms. The second-order valence-electron chi connectivity index (χ2n) is 4.57. The Bertz CT molecular complexity index is 586. The van der Waals surface area contributed by atoms with Crippen LogP contribution in [0.3, 0.4) is 0 Å². The summed E-state index contributed by atoms with van der Waals surface area (Å²) in [5, 5.41) is 4.95. The smallest absolute Gasteiger partial charge is 0.0603 e. The first-order valence-electron chi connectivity index (χ1n) is 6.56. The lowest BCUT2D eigenvalue weighted by atomic mass is 9.98. The standard InChI is InChI=1S/C16H16BrCl2N/c1-2-9-20-16(12-5-3-4-6-14(12)17)13-10-11(18)7-8-15(13)19/h3-8,10,16,20H,2,9H2,1H3. The average molecular weight is 373 g/mol. The normalized spacial score (nSPS) is 12.4. The highest BCUT2D eigenvalue weighted by molar-refractivity contribution is 9.10. The number of hydrogen-bond donors (Lipinski definition) is 1. The highest BCUT2D eigenvalue weighted by Crippen LogP contribution is 2.33. The minimum absolute atomic E-state index is 0.0247. The zero-order valence-electron chi connectivity index (χ0n) is 11.2. The highest BCUT2D eigenvalue weighted by atomic mass is 79.9. The van der Waals surface area contributed by atoms with Crippen LogP contribution in [-0.2, 0) is 0 Å². The molecule has 1 nitrogen and oxygen atoms in total. The molecule has 2 aromatic rings. The second kappa shape index (κ2) is 7.46. The molecule has 0 saturated carbocycles. The summed E-state index contributed by atoms with van der Waals surface area (Å²) < 4.78 is 1.06. The summed E-state index contributed by atoms with van der Waals surface area (Å²) in [6, 6.07) is 13.8. The van der Waals surface area contributed by atoms with Crippen LogP contribution in [0.25, 0.3) is 0 Å². The maximum absolute atomic E-state index is 6.36. The maximum Gasteiger partial charge on any atom is 0.0603 e. The molecule has 0 aliphatic heterocycles. The first kappa shape index (κ1) is 15.8. The van der Waals surface area contributed by atoms with Crippen molar-refractivity contribution in [3.63, 3.8) is 0 Å². The lowest BCUT2D eigenvalue weighted by Crippen LogP contribution is -2.23. The molecule has 0 radical (unpaired) electrons. The molecule has 0 heterocycles. The third-order valence-corrected chi connectivity index (χ3v) is 4.39. The van der Waals surface area contributed by atoms with E-state index in [-0.39, 0.29) is 6.04 Å². The van der Waals surface area contributed by atoms with Gasteiger partial charge in [0, 0.05) is 14.5 Å². The summed E-state index contributed by atoms with van der Waals surface area (Å²) in [6.45, 7) is 3.05. The molecule has 2 rings (SSSR count). The summed E-state index contributed by atoms with van der Waals surface area (Å²) in [5.74, 6) is 0. The SMILES string of the molecule is CCCNC(c1cc(Cl)ccc1Cl)c1ccccc1Br. The van der Waals surface area contributed by atoms with E-state index < -0.39 is 0 Å². The predicted octanol–water partition coefficient (Wildman–Crippen LogP) is 5.84. The van der Waals surface area contributed by atoms with Gasteiger partial charge in [-0.05, 0) is 48.4 Å². The Morgan fingerprint density at radius 3 is 2.55 bits per heavy atom. The van der Waals surface area contributed by atoms with Gasteiger partial charge in [0.2, 0.25) is 0 Å². The third kappa shape index (κ3) is 3.76. The van der Waals surface area contributed by atoms with Crippen LogP contribution < -0.4 is 5.32 Å². The van der Waals surface area contributed by atoms with Crippen molar-refractivity contribution in [3.8, 4) is 0 Å². The van der Waals surface area contributed by atoms with Gasteiger partial charge in [-0.1, -0.05) is 64.3 Å². The summed E-state index contributed by atoms with van der Waals surface area (Å²) >= 11 is 16.1. The van der Waals surface area contributed by atoms with Crippen LogP contribution in [0.2, 0.25) is 10.0 Å². The van der Waals surface area contributed by atoms with Crippen LogP contribution in [0.4, 0.5) is 0 Å². The first-order valence-corrected chi connectivity index (χ1v) is 8.11. The van der Waals surface area contributed by atoms with Crippen LogP contribution >= 0.6 is 39.1 Å². The third-order valence-electron chi connectivity index (χ3n) is 3.08. The first-order chi connectivity index (χ1) is 9.63. The zero-order chi connectivity index (χ0) is 14.5. The van der Waals surface area contributed by atoms with E-state index >= 15 is 0 Å². The van der Waals surface area contributed by atoms with Crippen molar-refractivity contribution >= 4 is 39.1 Å². The van der Waals surface area contributed by atoms with E-state index in [1.54, 1.807) is 0 Å². The van der Waals surface area contributed by atoms with Crippen molar-refractivity contribution in [1.82, 2.24) is 5.32 Å². The van der Waals surface area contributed by atoms with Crippen LogP contribution in [0.1, 0.15) is 30.5 Å². The Labute approximate surface area is 138 Å². The van der Waals surface area contributed by atoms with Gasteiger partial charge in [0.1, 0.15) is 0 Å². The van der Waals surface area contributed by atoms with E-state index in [1.165, 1.54) is 0 Å². The van der Waals surface area contributed by atoms with Crippen molar-refractivity contribution in [1.29, 1.82) is 0 Å². The van der Waals surface area contributed by atoms with Crippen LogP contribution in [0.15, 0.2) is 46.9 Å². The fraction of sp³-hybridized carbons (Fsp3) is 0.250. The molecule has 1 unspecified atom stereocenters. The molecule has 0 aromatic heterocycles. The molecule has 0 spiro atoms. The van der Waals surface area contributed by atoms with E-state index in [0.29, 0.717) is 5.02 Å². The fourth-order valence-electron chi connectivity index (χ4n) is 2.12. The molecular weight excluding hydrogens is 357 g/mol. The quantitative estimate of drug-likeness (QED) is 0.694. The Morgan fingerprint density at radius 2 is 1.85 bits per heavy atom. The average Bonchev–Trinajstić information content (AvgIpc) is 2.44. The summed E-state index contributed by atoms with van der Waals surface area (Å²) in [7, 11) is 0. The van der Waals surface area contributed by atoms with E-state index in [2.05, 4.69) is 34.2 Å². The molecule has 20 heavy (non-hydrogen) atoms. The number of benzene rings is 2. The fourth-order valence-corrected chi connectivity index (χ4v) is 3.04. The van der Waals surface area contributed by atoms with Crippen molar-refractivity contribution in [2.75, 3.05) is 6.54 Å². The van der Waals surface area contributed by atoms with Gasteiger partial charge in [-0.2, -0.15) is 0 Å². The van der Waals surface area contributed by atoms with Gasteiger partial charge in [0.05, 0.1) is 6.04 Å². The Kier molecular flexibility index (Phi) is 5.91. The van der Waals surface area contributed by atoms with Crippen LogP contribution in [0.5, 0.6) is 0 Å². The molecule has 0 fully saturated rings. The van der Waals surface area contributed by atoms with Crippen LogP contribution in [0, 0.1) is 0 Å². The van der Waals surface area contributed by atoms with E-state index in [9.17, 15) is 0 Å². The highest BCUT2D eigenvalue weighted by Gasteiger charge is 2.18.